The normalized spacial score (nSPS) is 19.6. The molecule has 2 atom stereocenters. The van der Waals surface area contributed by atoms with E-state index < -0.39 is 5.79 Å². The van der Waals surface area contributed by atoms with Crippen LogP contribution in [0.5, 0.6) is 11.5 Å². The van der Waals surface area contributed by atoms with Crippen LogP contribution in [0.3, 0.4) is 0 Å². The van der Waals surface area contributed by atoms with Gasteiger partial charge in [0.1, 0.15) is 17.8 Å². The molecule has 7 nitrogen and oxygen atoms in total. The van der Waals surface area contributed by atoms with Crippen LogP contribution in [0.1, 0.15) is 37.0 Å². The van der Waals surface area contributed by atoms with Crippen LogP contribution < -0.4 is 9.47 Å². The minimum atomic E-state index is -0.536. The fourth-order valence-corrected chi connectivity index (χ4v) is 2.81. The van der Waals surface area contributed by atoms with Gasteiger partial charge in [-0.1, -0.05) is 0 Å². The van der Waals surface area contributed by atoms with Gasteiger partial charge in [-0.2, -0.15) is 0 Å². The molecule has 0 aliphatic carbocycles. The molecule has 1 aliphatic rings. The third-order valence-electron chi connectivity index (χ3n) is 4.21. The third kappa shape index (κ3) is 7.46. The van der Waals surface area contributed by atoms with E-state index in [1.54, 1.807) is 32.4 Å². The number of rotatable bonds is 12. The lowest BCUT2D eigenvalue weighted by Gasteiger charge is -2.17. The van der Waals surface area contributed by atoms with Crippen LogP contribution in [0, 0.1) is 0 Å². The van der Waals surface area contributed by atoms with E-state index in [-0.39, 0.29) is 12.2 Å². The predicted molar refractivity (Wildman–Crippen MR) is 99.6 cm³/mol. The third-order valence-corrected chi connectivity index (χ3v) is 4.21. The zero-order valence-electron chi connectivity index (χ0n) is 16.6. The molecule has 2 unspecified atom stereocenters. The van der Waals surface area contributed by atoms with Crippen molar-refractivity contribution >= 4 is 6.29 Å². The zero-order chi connectivity index (χ0) is 19.7. The number of methoxy groups -OCH3 is 2. The Morgan fingerprint density at radius 3 is 2.44 bits per heavy atom. The van der Waals surface area contributed by atoms with Crippen molar-refractivity contribution in [3.05, 3.63) is 23.8 Å². The highest BCUT2D eigenvalue weighted by atomic mass is 16.7. The van der Waals surface area contributed by atoms with E-state index in [4.69, 9.17) is 28.4 Å². The van der Waals surface area contributed by atoms with Crippen molar-refractivity contribution in [2.75, 3.05) is 40.6 Å². The summed E-state index contributed by atoms with van der Waals surface area (Å²) in [6, 6.07) is 5.16. The first kappa shape index (κ1) is 21.6. The standard InChI is InChI=1S/C20H30O7/c1-20(2)26-14-17(27-20)6-8-25-19-10-15(12-21)9-18(11-19)24-7-5-16(23-4)13-22-3/h9-12,16-17H,5-8,13-14H2,1-4H3. The molecule has 27 heavy (non-hydrogen) atoms. The second kappa shape index (κ2) is 10.6. The van der Waals surface area contributed by atoms with E-state index >= 15 is 0 Å². The first-order valence-corrected chi connectivity index (χ1v) is 9.15. The maximum absolute atomic E-state index is 11.2. The molecule has 0 amide bonds. The van der Waals surface area contributed by atoms with Crippen LogP contribution in [0.4, 0.5) is 0 Å². The maximum Gasteiger partial charge on any atom is 0.163 e. The molecular formula is C20H30O7. The Bertz CT molecular complexity index is 588. The smallest absolute Gasteiger partial charge is 0.163 e. The van der Waals surface area contributed by atoms with Gasteiger partial charge in [-0.15, -0.1) is 0 Å². The number of carbonyl (C=O) groups is 1. The summed E-state index contributed by atoms with van der Waals surface area (Å²) in [6.07, 6.45) is 2.14. The summed E-state index contributed by atoms with van der Waals surface area (Å²) in [6.45, 7) is 5.77. The van der Waals surface area contributed by atoms with E-state index in [1.165, 1.54) is 0 Å². The summed E-state index contributed by atoms with van der Waals surface area (Å²) in [7, 11) is 3.27. The van der Waals surface area contributed by atoms with Crippen molar-refractivity contribution in [3.8, 4) is 11.5 Å². The summed E-state index contributed by atoms with van der Waals surface area (Å²) in [4.78, 5) is 11.2. The molecule has 1 aliphatic heterocycles. The molecule has 2 rings (SSSR count). The number of hydrogen-bond acceptors (Lipinski definition) is 7. The Hall–Kier alpha value is -1.67. The van der Waals surface area contributed by atoms with Crippen molar-refractivity contribution < 1.29 is 33.2 Å². The Kier molecular flexibility index (Phi) is 8.50. The van der Waals surface area contributed by atoms with Gasteiger partial charge in [0.2, 0.25) is 0 Å². The molecule has 1 fully saturated rings. The van der Waals surface area contributed by atoms with Gasteiger partial charge in [0.05, 0.1) is 38.6 Å². The first-order valence-electron chi connectivity index (χ1n) is 9.15. The molecule has 152 valence electrons. The van der Waals surface area contributed by atoms with Gasteiger partial charge in [-0.3, -0.25) is 4.79 Å². The summed E-state index contributed by atoms with van der Waals surface area (Å²) < 4.78 is 33.2. The molecule has 0 bridgehead atoms. The Morgan fingerprint density at radius 2 is 1.89 bits per heavy atom. The fraction of sp³-hybridized carbons (Fsp3) is 0.650. The monoisotopic (exact) mass is 382 g/mol. The van der Waals surface area contributed by atoms with Gasteiger partial charge >= 0.3 is 0 Å². The van der Waals surface area contributed by atoms with Crippen LogP contribution in [-0.4, -0.2) is 64.9 Å². The topological polar surface area (TPSA) is 72.5 Å². The molecule has 0 spiro atoms. The second-order valence-electron chi connectivity index (χ2n) is 6.89. The average molecular weight is 382 g/mol. The zero-order valence-corrected chi connectivity index (χ0v) is 16.6. The van der Waals surface area contributed by atoms with Crippen molar-refractivity contribution in [2.45, 2.75) is 44.7 Å². The van der Waals surface area contributed by atoms with Crippen LogP contribution in [0.25, 0.3) is 0 Å². The fourth-order valence-electron chi connectivity index (χ4n) is 2.81. The molecule has 0 radical (unpaired) electrons. The number of benzene rings is 1. The largest absolute Gasteiger partial charge is 0.493 e. The van der Waals surface area contributed by atoms with E-state index in [0.29, 0.717) is 56.3 Å². The number of aldehydes is 1. The van der Waals surface area contributed by atoms with Crippen LogP contribution >= 0.6 is 0 Å². The molecule has 1 heterocycles. The van der Waals surface area contributed by atoms with Gasteiger partial charge in [-0.05, 0) is 26.0 Å². The lowest BCUT2D eigenvalue weighted by atomic mass is 10.2. The van der Waals surface area contributed by atoms with E-state index in [2.05, 4.69) is 0 Å². The molecule has 0 aromatic heterocycles. The van der Waals surface area contributed by atoms with Crippen molar-refractivity contribution in [3.63, 3.8) is 0 Å². The number of hydrogen-bond donors (Lipinski definition) is 0. The molecule has 1 aromatic carbocycles. The van der Waals surface area contributed by atoms with Crippen LogP contribution in [0.2, 0.25) is 0 Å². The lowest BCUT2D eigenvalue weighted by Crippen LogP contribution is -2.22. The van der Waals surface area contributed by atoms with Gasteiger partial charge < -0.3 is 28.4 Å². The minimum absolute atomic E-state index is 0.0109. The van der Waals surface area contributed by atoms with E-state index in [9.17, 15) is 4.79 Å². The number of carbonyl (C=O) groups excluding carboxylic acids is 1. The van der Waals surface area contributed by atoms with Gasteiger partial charge in [0.15, 0.2) is 5.79 Å². The van der Waals surface area contributed by atoms with Crippen molar-refractivity contribution in [1.29, 1.82) is 0 Å². The lowest BCUT2D eigenvalue weighted by molar-refractivity contribution is -0.139. The van der Waals surface area contributed by atoms with Gasteiger partial charge in [0, 0.05) is 38.7 Å². The number of ether oxygens (including phenoxy) is 6. The minimum Gasteiger partial charge on any atom is -0.493 e. The quantitative estimate of drug-likeness (QED) is 0.515. The second-order valence-corrected chi connectivity index (χ2v) is 6.89. The Labute approximate surface area is 160 Å². The average Bonchev–Trinajstić information content (AvgIpc) is 2.99. The summed E-state index contributed by atoms with van der Waals surface area (Å²) in [5, 5.41) is 0. The molecule has 0 saturated carbocycles. The van der Waals surface area contributed by atoms with Gasteiger partial charge in [0.25, 0.3) is 0 Å². The first-order chi connectivity index (χ1) is 13.0. The Morgan fingerprint density at radius 1 is 1.19 bits per heavy atom. The van der Waals surface area contributed by atoms with Crippen LogP contribution in [-0.2, 0) is 18.9 Å². The molecule has 7 heteroatoms. The summed E-state index contributed by atoms with van der Waals surface area (Å²) in [5.74, 6) is 0.642. The summed E-state index contributed by atoms with van der Waals surface area (Å²) >= 11 is 0. The van der Waals surface area contributed by atoms with Gasteiger partial charge in [-0.25, -0.2) is 0 Å². The highest BCUT2D eigenvalue weighted by Crippen LogP contribution is 2.26. The summed E-state index contributed by atoms with van der Waals surface area (Å²) in [5.41, 5.74) is 0.504. The molecule has 0 N–H and O–H groups in total. The highest BCUT2D eigenvalue weighted by molar-refractivity contribution is 5.76. The molecule has 1 aromatic rings. The van der Waals surface area contributed by atoms with Crippen molar-refractivity contribution in [2.24, 2.45) is 0 Å². The van der Waals surface area contributed by atoms with Crippen molar-refractivity contribution in [1.82, 2.24) is 0 Å². The van der Waals surface area contributed by atoms with Crippen LogP contribution in [0.15, 0.2) is 18.2 Å². The highest BCUT2D eigenvalue weighted by Gasteiger charge is 2.32. The molecular weight excluding hydrogens is 352 g/mol. The Balaban J connectivity index is 1.84. The van der Waals surface area contributed by atoms with E-state index in [1.807, 2.05) is 13.8 Å². The maximum atomic E-state index is 11.2. The van der Waals surface area contributed by atoms with E-state index in [0.717, 1.165) is 6.29 Å². The SMILES string of the molecule is COCC(CCOc1cc(C=O)cc(OCCC2COC(C)(C)O2)c1)OC. The molecule has 1 saturated heterocycles. The predicted octanol–water partition coefficient (Wildman–Crippen LogP) is 2.85.